The molecule has 1 aromatic rings. The number of rotatable bonds is 5. The summed E-state index contributed by atoms with van der Waals surface area (Å²) in [6, 6.07) is 6.51. The van der Waals surface area contributed by atoms with Crippen molar-refractivity contribution in [3.05, 3.63) is 29.3 Å². The molecule has 0 saturated carbocycles. The maximum absolute atomic E-state index is 5.63. The van der Waals surface area contributed by atoms with Gasteiger partial charge in [0.25, 0.3) is 0 Å². The average molecular weight is 237 g/mol. The van der Waals surface area contributed by atoms with Crippen LogP contribution in [0, 0.1) is 0 Å². The van der Waals surface area contributed by atoms with E-state index in [2.05, 4.69) is 17.6 Å². The highest BCUT2D eigenvalue weighted by atomic mass is 16.6. The molecule has 1 unspecified atom stereocenters. The molecule has 0 radical (unpaired) electrons. The lowest BCUT2D eigenvalue weighted by Gasteiger charge is -2.26. The van der Waals surface area contributed by atoms with Gasteiger partial charge in [0.2, 0.25) is 0 Å². The van der Waals surface area contributed by atoms with Gasteiger partial charge >= 0.3 is 0 Å². The molecule has 2 rings (SSSR count). The predicted octanol–water partition coefficient (Wildman–Crippen LogP) is 1.85. The van der Waals surface area contributed by atoms with Gasteiger partial charge in [-0.15, -0.1) is 0 Å². The number of hydroxylamine groups is 1. The van der Waals surface area contributed by atoms with Gasteiger partial charge in [-0.1, -0.05) is 12.1 Å². The maximum Gasteiger partial charge on any atom is 0.124 e. The van der Waals surface area contributed by atoms with Crippen LogP contribution in [0.4, 0.5) is 0 Å². The molecule has 0 amide bonds. The summed E-state index contributed by atoms with van der Waals surface area (Å²) in [5.74, 6) is 0.951. The fourth-order valence-electron chi connectivity index (χ4n) is 2.08. The zero-order valence-corrected chi connectivity index (χ0v) is 10.4. The van der Waals surface area contributed by atoms with E-state index in [1.807, 2.05) is 6.07 Å². The Morgan fingerprint density at radius 3 is 3.06 bits per heavy atom. The fraction of sp³-hybridized carbons (Fsp3) is 0.538. The van der Waals surface area contributed by atoms with Crippen LogP contribution in [0.25, 0.3) is 0 Å². The number of ether oxygens (including phenoxy) is 2. The number of benzene rings is 1. The number of hydrogen-bond donors (Lipinski definition) is 1. The Kier molecular flexibility index (Phi) is 4.36. The minimum atomic E-state index is 0.214. The summed E-state index contributed by atoms with van der Waals surface area (Å²) in [6.07, 6.45) is 1.85. The van der Waals surface area contributed by atoms with E-state index in [9.17, 15) is 0 Å². The first-order valence-electron chi connectivity index (χ1n) is 5.88. The van der Waals surface area contributed by atoms with Crippen LogP contribution in [0.1, 0.15) is 23.6 Å². The van der Waals surface area contributed by atoms with Crippen LogP contribution in [0.5, 0.6) is 5.75 Å². The fourth-order valence-corrected chi connectivity index (χ4v) is 2.08. The van der Waals surface area contributed by atoms with E-state index in [0.717, 1.165) is 31.8 Å². The third kappa shape index (κ3) is 2.97. The first-order valence-corrected chi connectivity index (χ1v) is 5.88. The Labute approximate surface area is 102 Å². The van der Waals surface area contributed by atoms with Crippen molar-refractivity contribution < 1.29 is 14.3 Å². The Morgan fingerprint density at radius 1 is 1.41 bits per heavy atom. The Balaban J connectivity index is 2.18. The molecule has 0 saturated heterocycles. The van der Waals surface area contributed by atoms with Gasteiger partial charge in [-0.05, 0) is 18.1 Å². The van der Waals surface area contributed by atoms with Crippen LogP contribution in [0.2, 0.25) is 0 Å². The summed E-state index contributed by atoms with van der Waals surface area (Å²) < 4.78 is 10.7. The van der Waals surface area contributed by atoms with Crippen LogP contribution < -0.4 is 10.2 Å². The van der Waals surface area contributed by atoms with Gasteiger partial charge in [-0.3, -0.25) is 0 Å². The van der Waals surface area contributed by atoms with E-state index >= 15 is 0 Å². The topological polar surface area (TPSA) is 39.7 Å². The van der Waals surface area contributed by atoms with Crippen molar-refractivity contribution >= 4 is 0 Å². The largest absolute Gasteiger partial charge is 0.493 e. The molecule has 0 fully saturated rings. The molecule has 1 aliphatic rings. The van der Waals surface area contributed by atoms with Crippen LogP contribution in [0.15, 0.2) is 18.2 Å². The zero-order valence-electron chi connectivity index (χ0n) is 10.4. The van der Waals surface area contributed by atoms with E-state index in [1.54, 1.807) is 14.2 Å². The summed E-state index contributed by atoms with van der Waals surface area (Å²) in [4.78, 5) is 5.03. The summed E-state index contributed by atoms with van der Waals surface area (Å²) in [7, 11) is 3.36. The number of methoxy groups -OCH3 is 1. The summed E-state index contributed by atoms with van der Waals surface area (Å²) in [5.41, 5.74) is 5.45. The van der Waals surface area contributed by atoms with E-state index in [0.29, 0.717) is 0 Å². The zero-order chi connectivity index (χ0) is 12.1. The molecule has 1 heterocycles. The van der Waals surface area contributed by atoms with E-state index in [1.165, 1.54) is 11.1 Å². The van der Waals surface area contributed by atoms with E-state index < -0.39 is 0 Å². The highest BCUT2D eigenvalue weighted by Gasteiger charge is 2.21. The second-order valence-electron chi connectivity index (χ2n) is 4.13. The van der Waals surface area contributed by atoms with Gasteiger partial charge in [0.15, 0.2) is 0 Å². The summed E-state index contributed by atoms with van der Waals surface area (Å²) in [5, 5.41) is 0. The SMILES string of the molecule is COCCc1ccc2c(c1)C(NOC)CCO2. The molecule has 4 heteroatoms. The average Bonchev–Trinajstić information content (AvgIpc) is 2.37. The van der Waals surface area contributed by atoms with Crippen LogP contribution >= 0.6 is 0 Å². The number of hydrogen-bond acceptors (Lipinski definition) is 4. The number of fused-ring (bicyclic) bond motifs is 1. The van der Waals surface area contributed by atoms with E-state index in [-0.39, 0.29) is 6.04 Å². The second-order valence-corrected chi connectivity index (χ2v) is 4.13. The molecule has 0 bridgehead atoms. The molecule has 1 N–H and O–H groups in total. The lowest BCUT2D eigenvalue weighted by atomic mass is 9.98. The summed E-state index contributed by atoms with van der Waals surface area (Å²) in [6.45, 7) is 1.47. The quantitative estimate of drug-likeness (QED) is 0.793. The minimum absolute atomic E-state index is 0.214. The molecular formula is C13H19NO3. The van der Waals surface area contributed by atoms with Crippen molar-refractivity contribution in [2.24, 2.45) is 0 Å². The lowest BCUT2D eigenvalue weighted by Crippen LogP contribution is -2.26. The van der Waals surface area contributed by atoms with Gasteiger partial charge in [0, 0.05) is 19.1 Å². The van der Waals surface area contributed by atoms with Gasteiger partial charge in [0.1, 0.15) is 5.75 Å². The predicted molar refractivity (Wildman–Crippen MR) is 65.0 cm³/mol. The Morgan fingerprint density at radius 2 is 2.29 bits per heavy atom. The Hall–Kier alpha value is -1.10. The standard InChI is InChI=1S/C13H19NO3/c1-15-7-5-10-3-4-13-11(9-10)12(14-16-2)6-8-17-13/h3-4,9,12,14H,5-8H2,1-2H3. The normalized spacial score (nSPS) is 18.6. The van der Waals surface area contributed by atoms with Crippen molar-refractivity contribution in [1.82, 2.24) is 5.48 Å². The van der Waals surface area contributed by atoms with Crippen LogP contribution in [0.3, 0.4) is 0 Å². The molecule has 1 aromatic carbocycles. The molecule has 1 aliphatic heterocycles. The van der Waals surface area contributed by atoms with Crippen molar-refractivity contribution in [3.8, 4) is 5.75 Å². The molecule has 4 nitrogen and oxygen atoms in total. The molecular weight excluding hydrogens is 218 g/mol. The molecule has 0 aliphatic carbocycles. The molecule has 0 aromatic heterocycles. The van der Waals surface area contributed by atoms with Gasteiger partial charge in [0.05, 0.1) is 26.4 Å². The minimum Gasteiger partial charge on any atom is -0.493 e. The van der Waals surface area contributed by atoms with Crippen LogP contribution in [-0.2, 0) is 16.0 Å². The maximum atomic E-state index is 5.63. The van der Waals surface area contributed by atoms with Crippen molar-refractivity contribution in [2.75, 3.05) is 27.4 Å². The monoisotopic (exact) mass is 237 g/mol. The highest BCUT2D eigenvalue weighted by Crippen LogP contribution is 2.32. The van der Waals surface area contributed by atoms with Gasteiger partial charge < -0.3 is 14.3 Å². The van der Waals surface area contributed by atoms with Crippen LogP contribution in [-0.4, -0.2) is 27.4 Å². The molecule has 94 valence electrons. The van der Waals surface area contributed by atoms with Gasteiger partial charge in [-0.2, -0.15) is 5.48 Å². The van der Waals surface area contributed by atoms with Crippen molar-refractivity contribution in [1.29, 1.82) is 0 Å². The first-order chi connectivity index (χ1) is 8.35. The van der Waals surface area contributed by atoms with Crippen molar-refractivity contribution in [3.63, 3.8) is 0 Å². The molecule has 1 atom stereocenters. The number of nitrogens with one attached hydrogen (secondary N) is 1. The van der Waals surface area contributed by atoms with E-state index in [4.69, 9.17) is 14.3 Å². The smallest absolute Gasteiger partial charge is 0.124 e. The second kappa shape index (κ2) is 6.00. The Bertz CT molecular complexity index is 368. The highest BCUT2D eigenvalue weighted by molar-refractivity contribution is 5.40. The lowest BCUT2D eigenvalue weighted by molar-refractivity contribution is 0.0462. The third-order valence-corrected chi connectivity index (χ3v) is 2.97. The third-order valence-electron chi connectivity index (χ3n) is 2.97. The first kappa shape index (κ1) is 12.4. The molecule has 17 heavy (non-hydrogen) atoms. The van der Waals surface area contributed by atoms with Gasteiger partial charge in [-0.25, -0.2) is 0 Å². The molecule has 0 spiro atoms. The summed E-state index contributed by atoms with van der Waals surface area (Å²) >= 11 is 0. The van der Waals surface area contributed by atoms with Crippen molar-refractivity contribution in [2.45, 2.75) is 18.9 Å².